The molecule has 2 aliphatic heterocycles. The fourth-order valence-corrected chi connectivity index (χ4v) is 2.90. The van der Waals surface area contributed by atoms with Crippen molar-refractivity contribution < 1.29 is 19.1 Å². The van der Waals surface area contributed by atoms with Gasteiger partial charge in [0.2, 0.25) is 5.91 Å². The van der Waals surface area contributed by atoms with E-state index in [-0.39, 0.29) is 18.7 Å². The van der Waals surface area contributed by atoms with Crippen LogP contribution in [-0.2, 0) is 14.3 Å². The number of carbonyl (C=O) groups excluding carboxylic acids is 2. The Kier molecular flexibility index (Phi) is 7.08. The number of nitrogens with zero attached hydrogens (tertiary/aromatic N) is 1. The van der Waals surface area contributed by atoms with Crippen molar-refractivity contribution in [2.75, 3.05) is 39.4 Å². The molecule has 0 aliphatic carbocycles. The first kappa shape index (κ1) is 17.2. The van der Waals surface area contributed by atoms with Gasteiger partial charge in [0.15, 0.2) is 6.29 Å². The highest BCUT2D eigenvalue weighted by Crippen LogP contribution is 2.24. The normalized spacial score (nSPS) is 23.4. The third kappa shape index (κ3) is 5.55. The maximum atomic E-state index is 11.9. The molecule has 1 unspecified atom stereocenters. The summed E-state index contributed by atoms with van der Waals surface area (Å²) in [6.07, 6.45) is 3.86. The van der Waals surface area contributed by atoms with Gasteiger partial charge in [-0.25, -0.2) is 4.79 Å². The van der Waals surface area contributed by atoms with Gasteiger partial charge in [-0.2, -0.15) is 0 Å². The number of nitrogens with one attached hydrogen (secondary N) is 2. The van der Waals surface area contributed by atoms with Crippen LogP contribution in [0.4, 0.5) is 4.79 Å². The second-order valence-electron chi connectivity index (χ2n) is 5.91. The fourth-order valence-electron chi connectivity index (χ4n) is 2.90. The summed E-state index contributed by atoms with van der Waals surface area (Å²) in [6.45, 7) is 5.83. The van der Waals surface area contributed by atoms with Gasteiger partial charge in [0.1, 0.15) is 0 Å². The Morgan fingerprint density at radius 3 is 2.77 bits per heavy atom. The Morgan fingerprint density at radius 1 is 1.27 bits per heavy atom. The van der Waals surface area contributed by atoms with Crippen LogP contribution < -0.4 is 10.6 Å². The Hall–Kier alpha value is -1.18. The number of amides is 3. The average Bonchev–Trinajstić information content (AvgIpc) is 3.02. The number of ether oxygens (including phenoxy) is 2. The zero-order chi connectivity index (χ0) is 15.8. The van der Waals surface area contributed by atoms with Crippen molar-refractivity contribution in [2.45, 2.75) is 38.9 Å². The highest BCUT2D eigenvalue weighted by atomic mass is 16.7. The van der Waals surface area contributed by atoms with Crippen molar-refractivity contribution in [1.29, 1.82) is 0 Å². The third-order valence-corrected chi connectivity index (χ3v) is 4.01. The monoisotopic (exact) mass is 313 g/mol. The second kappa shape index (κ2) is 9.07. The summed E-state index contributed by atoms with van der Waals surface area (Å²) in [5.41, 5.74) is 0. The van der Waals surface area contributed by atoms with E-state index < -0.39 is 6.03 Å². The molecule has 3 amide bonds. The quantitative estimate of drug-likeness (QED) is 0.706. The maximum absolute atomic E-state index is 11.9. The number of rotatable bonds is 6. The van der Waals surface area contributed by atoms with Crippen LogP contribution in [-0.4, -0.2) is 62.5 Å². The maximum Gasteiger partial charge on any atom is 0.321 e. The second-order valence-corrected chi connectivity index (χ2v) is 5.91. The van der Waals surface area contributed by atoms with Crippen LogP contribution >= 0.6 is 0 Å². The van der Waals surface area contributed by atoms with Crippen LogP contribution in [0.1, 0.15) is 32.6 Å². The van der Waals surface area contributed by atoms with E-state index in [0.717, 1.165) is 38.8 Å². The molecule has 22 heavy (non-hydrogen) atoms. The molecule has 7 nitrogen and oxygen atoms in total. The van der Waals surface area contributed by atoms with E-state index in [4.69, 9.17) is 9.47 Å². The molecule has 2 saturated heterocycles. The molecule has 0 bridgehead atoms. The van der Waals surface area contributed by atoms with Crippen LogP contribution in [0, 0.1) is 5.92 Å². The number of imide groups is 1. The Labute approximate surface area is 131 Å². The molecule has 0 saturated carbocycles. The smallest absolute Gasteiger partial charge is 0.321 e. The summed E-state index contributed by atoms with van der Waals surface area (Å²) in [7, 11) is 0. The van der Waals surface area contributed by atoms with Crippen molar-refractivity contribution in [3.8, 4) is 0 Å². The highest BCUT2D eigenvalue weighted by Gasteiger charge is 2.31. The molecule has 2 N–H and O–H groups in total. The predicted molar refractivity (Wildman–Crippen MR) is 81.3 cm³/mol. The van der Waals surface area contributed by atoms with E-state index in [1.165, 1.54) is 0 Å². The number of piperidine rings is 1. The Morgan fingerprint density at radius 2 is 2.05 bits per heavy atom. The van der Waals surface area contributed by atoms with Gasteiger partial charge in [-0.1, -0.05) is 13.3 Å². The van der Waals surface area contributed by atoms with Crippen LogP contribution in [0.3, 0.4) is 0 Å². The van der Waals surface area contributed by atoms with Gasteiger partial charge < -0.3 is 14.8 Å². The van der Waals surface area contributed by atoms with E-state index >= 15 is 0 Å². The van der Waals surface area contributed by atoms with Crippen LogP contribution in [0.5, 0.6) is 0 Å². The first-order chi connectivity index (χ1) is 10.7. The summed E-state index contributed by atoms with van der Waals surface area (Å²) in [5, 5.41) is 5.05. The lowest BCUT2D eigenvalue weighted by atomic mass is 9.97. The number of likely N-dealkylation sites (tertiary alicyclic amines) is 1. The van der Waals surface area contributed by atoms with E-state index in [2.05, 4.69) is 22.5 Å². The fraction of sp³-hybridized carbons (Fsp3) is 0.867. The van der Waals surface area contributed by atoms with Crippen molar-refractivity contribution in [2.24, 2.45) is 5.92 Å². The molecule has 7 heteroatoms. The standard InChI is InChI=1S/C15H27N3O4/c1-2-3-6-16-15(20)17-13(19)11-18-7-4-5-12(10-18)14-21-8-9-22-14/h12,14H,2-11H2,1H3,(H2,16,17,19,20). The molecular weight excluding hydrogens is 286 g/mol. The molecule has 1 atom stereocenters. The lowest BCUT2D eigenvalue weighted by molar-refractivity contribution is -0.124. The summed E-state index contributed by atoms with van der Waals surface area (Å²) in [4.78, 5) is 25.5. The summed E-state index contributed by atoms with van der Waals surface area (Å²) >= 11 is 0. The Bertz CT molecular complexity index is 372. The van der Waals surface area contributed by atoms with E-state index in [1.54, 1.807) is 0 Å². The summed E-state index contributed by atoms with van der Waals surface area (Å²) < 4.78 is 11.1. The van der Waals surface area contributed by atoms with Gasteiger partial charge in [-0.15, -0.1) is 0 Å². The zero-order valence-corrected chi connectivity index (χ0v) is 13.3. The number of hydrogen-bond donors (Lipinski definition) is 2. The number of carbonyl (C=O) groups is 2. The minimum absolute atomic E-state index is 0.136. The SMILES string of the molecule is CCCCNC(=O)NC(=O)CN1CCCC(C2OCCO2)C1. The number of hydrogen-bond acceptors (Lipinski definition) is 5. The molecule has 2 heterocycles. The van der Waals surface area contributed by atoms with Crippen molar-refractivity contribution in [3.05, 3.63) is 0 Å². The number of urea groups is 1. The zero-order valence-electron chi connectivity index (χ0n) is 13.3. The average molecular weight is 313 g/mol. The largest absolute Gasteiger partial charge is 0.350 e. The molecule has 2 aliphatic rings. The van der Waals surface area contributed by atoms with Crippen molar-refractivity contribution in [1.82, 2.24) is 15.5 Å². The molecule has 126 valence electrons. The molecule has 0 aromatic heterocycles. The van der Waals surface area contributed by atoms with Gasteiger partial charge in [-0.05, 0) is 25.8 Å². The molecule has 2 rings (SSSR count). The van der Waals surface area contributed by atoms with Crippen LogP contribution in [0.25, 0.3) is 0 Å². The molecule has 0 radical (unpaired) electrons. The minimum atomic E-state index is -0.408. The van der Waals surface area contributed by atoms with Crippen molar-refractivity contribution >= 4 is 11.9 Å². The lowest BCUT2D eigenvalue weighted by Gasteiger charge is -2.34. The van der Waals surface area contributed by atoms with Gasteiger partial charge >= 0.3 is 6.03 Å². The van der Waals surface area contributed by atoms with Gasteiger partial charge in [-0.3, -0.25) is 15.0 Å². The molecular formula is C15H27N3O4. The predicted octanol–water partition coefficient (Wildman–Crippen LogP) is 0.697. The van der Waals surface area contributed by atoms with Crippen LogP contribution in [0.15, 0.2) is 0 Å². The van der Waals surface area contributed by atoms with E-state index in [9.17, 15) is 9.59 Å². The molecule has 0 aromatic carbocycles. The summed E-state index contributed by atoms with van der Waals surface area (Å²) in [5.74, 6) is 0.0466. The third-order valence-electron chi connectivity index (χ3n) is 4.01. The van der Waals surface area contributed by atoms with Gasteiger partial charge in [0.25, 0.3) is 0 Å². The van der Waals surface area contributed by atoms with Gasteiger partial charge in [0.05, 0.1) is 19.8 Å². The van der Waals surface area contributed by atoms with Crippen molar-refractivity contribution in [3.63, 3.8) is 0 Å². The topological polar surface area (TPSA) is 79.9 Å². The minimum Gasteiger partial charge on any atom is -0.350 e. The first-order valence-corrected chi connectivity index (χ1v) is 8.22. The first-order valence-electron chi connectivity index (χ1n) is 8.22. The van der Waals surface area contributed by atoms with E-state index in [1.807, 2.05) is 0 Å². The molecule has 2 fully saturated rings. The lowest BCUT2D eigenvalue weighted by Crippen LogP contribution is -2.48. The summed E-state index contributed by atoms with van der Waals surface area (Å²) in [6, 6.07) is -0.408. The molecule has 0 spiro atoms. The highest BCUT2D eigenvalue weighted by molar-refractivity contribution is 5.95. The Balaban J connectivity index is 1.68. The molecule has 0 aromatic rings. The van der Waals surface area contributed by atoms with Crippen LogP contribution in [0.2, 0.25) is 0 Å². The van der Waals surface area contributed by atoms with Gasteiger partial charge in [0, 0.05) is 19.0 Å². The van der Waals surface area contributed by atoms with E-state index in [0.29, 0.717) is 25.7 Å². The number of unbranched alkanes of at least 4 members (excludes halogenated alkanes) is 1.